The van der Waals surface area contributed by atoms with Crippen molar-refractivity contribution in [3.8, 4) is 0 Å². The van der Waals surface area contributed by atoms with E-state index in [4.69, 9.17) is 0 Å². The lowest BCUT2D eigenvalue weighted by molar-refractivity contribution is -0.119. The van der Waals surface area contributed by atoms with Gasteiger partial charge in [-0.2, -0.15) is 0 Å². The second-order valence-corrected chi connectivity index (χ2v) is 5.82. The van der Waals surface area contributed by atoms with Crippen LogP contribution in [0.5, 0.6) is 0 Å². The lowest BCUT2D eigenvalue weighted by atomic mass is 9.97. The highest BCUT2D eigenvalue weighted by Gasteiger charge is 2.27. The van der Waals surface area contributed by atoms with Gasteiger partial charge in [0.05, 0.1) is 5.69 Å². The van der Waals surface area contributed by atoms with Gasteiger partial charge in [-0.15, -0.1) is 0 Å². The fraction of sp³-hybridized carbons (Fsp3) is 0.263. The van der Waals surface area contributed by atoms with Crippen LogP contribution in [0.1, 0.15) is 30.6 Å². The van der Waals surface area contributed by atoms with Gasteiger partial charge in [0.2, 0.25) is 5.91 Å². The molecule has 132 valence electrons. The molecule has 0 fully saturated rings. The molecule has 0 saturated carbocycles. The summed E-state index contributed by atoms with van der Waals surface area (Å²) in [6, 6.07) is 10.6. The highest BCUT2D eigenvalue weighted by Crippen LogP contribution is 2.17. The highest BCUT2D eigenvalue weighted by atomic mass is 19.1. The molecule has 0 aliphatic heterocycles. The molecule has 2 rings (SSSR count). The first kappa shape index (κ1) is 18.6. The number of hydrogen-bond donors (Lipinski definition) is 2. The fourth-order valence-corrected chi connectivity index (χ4v) is 2.32. The van der Waals surface area contributed by atoms with E-state index in [9.17, 15) is 18.4 Å². The molecule has 0 saturated heterocycles. The van der Waals surface area contributed by atoms with Crippen LogP contribution >= 0.6 is 0 Å². The van der Waals surface area contributed by atoms with E-state index >= 15 is 0 Å². The Morgan fingerprint density at radius 2 is 1.76 bits per heavy atom. The zero-order valence-corrected chi connectivity index (χ0v) is 14.1. The maximum atomic E-state index is 13.7. The van der Waals surface area contributed by atoms with Crippen LogP contribution in [0.2, 0.25) is 0 Å². The summed E-state index contributed by atoms with van der Waals surface area (Å²) in [5.41, 5.74) is 0.297. The predicted molar refractivity (Wildman–Crippen MR) is 92.1 cm³/mol. The number of anilines is 1. The summed E-state index contributed by atoms with van der Waals surface area (Å²) in [7, 11) is 0. The minimum atomic E-state index is -0.870. The van der Waals surface area contributed by atoms with Crippen molar-refractivity contribution in [2.45, 2.75) is 26.3 Å². The van der Waals surface area contributed by atoms with E-state index in [2.05, 4.69) is 10.6 Å². The average Bonchev–Trinajstić information content (AvgIpc) is 2.61. The maximum Gasteiger partial charge on any atom is 0.251 e. The summed E-state index contributed by atoms with van der Waals surface area (Å²) in [6.07, 6.45) is 0.638. The molecule has 0 heterocycles. The Kier molecular flexibility index (Phi) is 6.22. The molecule has 2 N–H and O–H groups in total. The SMILES string of the molecule is CC[C@H](C)[C@H](NC(=O)c1ccccc1)C(=O)Nc1ccc(F)cc1F. The summed E-state index contributed by atoms with van der Waals surface area (Å²) < 4.78 is 26.7. The molecule has 0 radical (unpaired) electrons. The van der Waals surface area contributed by atoms with Crippen molar-refractivity contribution in [3.63, 3.8) is 0 Å². The van der Waals surface area contributed by atoms with E-state index in [1.807, 2.05) is 13.8 Å². The molecular weight excluding hydrogens is 326 g/mol. The van der Waals surface area contributed by atoms with E-state index in [1.54, 1.807) is 30.3 Å². The molecule has 4 nitrogen and oxygen atoms in total. The minimum absolute atomic E-state index is 0.131. The van der Waals surface area contributed by atoms with Crippen molar-refractivity contribution in [3.05, 3.63) is 65.7 Å². The average molecular weight is 346 g/mol. The topological polar surface area (TPSA) is 58.2 Å². The molecule has 2 atom stereocenters. The van der Waals surface area contributed by atoms with Gasteiger partial charge in [0.25, 0.3) is 5.91 Å². The second-order valence-electron chi connectivity index (χ2n) is 5.82. The van der Waals surface area contributed by atoms with E-state index in [-0.39, 0.29) is 17.5 Å². The van der Waals surface area contributed by atoms with Gasteiger partial charge in [0.1, 0.15) is 17.7 Å². The molecule has 0 aromatic heterocycles. The third-order valence-electron chi connectivity index (χ3n) is 4.01. The van der Waals surface area contributed by atoms with E-state index in [0.29, 0.717) is 18.1 Å². The number of rotatable bonds is 6. The molecule has 0 aliphatic carbocycles. The summed E-state index contributed by atoms with van der Waals surface area (Å²) in [6.45, 7) is 3.70. The summed E-state index contributed by atoms with van der Waals surface area (Å²) in [5.74, 6) is -2.71. The van der Waals surface area contributed by atoms with Crippen molar-refractivity contribution >= 4 is 17.5 Å². The fourth-order valence-electron chi connectivity index (χ4n) is 2.32. The van der Waals surface area contributed by atoms with Gasteiger partial charge in [-0.1, -0.05) is 38.5 Å². The van der Waals surface area contributed by atoms with Crippen LogP contribution in [0.25, 0.3) is 0 Å². The van der Waals surface area contributed by atoms with Gasteiger partial charge in [-0.25, -0.2) is 8.78 Å². The van der Waals surface area contributed by atoms with Gasteiger partial charge in [0, 0.05) is 11.6 Å². The normalized spacial score (nSPS) is 13.0. The quantitative estimate of drug-likeness (QED) is 0.837. The van der Waals surface area contributed by atoms with Gasteiger partial charge in [-0.05, 0) is 30.2 Å². The molecule has 0 bridgehead atoms. The number of nitrogens with one attached hydrogen (secondary N) is 2. The first-order valence-electron chi connectivity index (χ1n) is 8.04. The standard InChI is InChI=1S/C19H20F2N2O2/c1-3-12(2)17(23-18(24)13-7-5-4-6-8-13)19(25)22-16-10-9-14(20)11-15(16)21/h4-12,17H,3H2,1-2H3,(H,22,25)(H,23,24)/t12-,17-/m0/s1. The first-order chi connectivity index (χ1) is 11.9. The van der Waals surface area contributed by atoms with Crippen LogP contribution in [0.3, 0.4) is 0 Å². The minimum Gasteiger partial charge on any atom is -0.340 e. The second kappa shape index (κ2) is 8.37. The number of carbonyl (C=O) groups is 2. The van der Waals surface area contributed by atoms with Crippen molar-refractivity contribution in [1.82, 2.24) is 5.32 Å². The van der Waals surface area contributed by atoms with Crippen LogP contribution in [0.4, 0.5) is 14.5 Å². The van der Waals surface area contributed by atoms with E-state index < -0.39 is 23.6 Å². The number of benzene rings is 2. The Bertz CT molecular complexity index is 750. The third kappa shape index (κ3) is 4.86. The summed E-state index contributed by atoms with van der Waals surface area (Å²) in [4.78, 5) is 24.9. The number of amides is 2. The number of halogens is 2. The van der Waals surface area contributed by atoms with E-state index in [1.165, 1.54) is 0 Å². The van der Waals surface area contributed by atoms with Crippen LogP contribution in [0, 0.1) is 17.6 Å². The number of carbonyl (C=O) groups excluding carboxylic acids is 2. The van der Waals surface area contributed by atoms with Crippen molar-refractivity contribution < 1.29 is 18.4 Å². The molecule has 0 unspecified atom stereocenters. The van der Waals surface area contributed by atoms with Crippen LogP contribution < -0.4 is 10.6 Å². The molecule has 0 spiro atoms. The highest BCUT2D eigenvalue weighted by molar-refractivity contribution is 6.01. The van der Waals surface area contributed by atoms with Crippen LogP contribution in [-0.4, -0.2) is 17.9 Å². The molecule has 2 aromatic rings. The van der Waals surface area contributed by atoms with Gasteiger partial charge in [0.15, 0.2) is 0 Å². The molecular formula is C19H20F2N2O2. The number of hydrogen-bond acceptors (Lipinski definition) is 2. The van der Waals surface area contributed by atoms with E-state index in [0.717, 1.165) is 12.1 Å². The molecule has 6 heteroatoms. The lowest BCUT2D eigenvalue weighted by Gasteiger charge is -2.23. The Labute approximate surface area is 145 Å². The van der Waals surface area contributed by atoms with Gasteiger partial charge < -0.3 is 10.6 Å². The van der Waals surface area contributed by atoms with Crippen molar-refractivity contribution in [1.29, 1.82) is 0 Å². The predicted octanol–water partition coefficient (Wildman–Crippen LogP) is 3.75. The zero-order valence-electron chi connectivity index (χ0n) is 14.1. The Morgan fingerprint density at radius 3 is 2.36 bits per heavy atom. The summed E-state index contributed by atoms with van der Waals surface area (Å²) in [5, 5.41) is 5.10. The Balaban J connectivity index is 2.16. The largest absolute Gasteiger partial charge is 0.340 e. The lowest BCUT2D eigenvalue weighted by Crippen LogP contribution is -2.47. The smallest absolute Gasteiger partial charge is 0.251 e. The molecule has 2 amide bonds. The summed E-state index contributed by atoms with van der Waals surface area (Å²) >= 11 is 0. The van der Waals surface area contributed by atoms with Crippen LogP contribution in [-0.2, 0) is 4.79 Å². The third-order valence-corrected chi connectivity index (χ3v) is 4.01. The van der Waals surface area contributed by atoms with Gasteiger partial charge in [-0.3, -0.25) is 9.59 Å². The Morgan fingerprint density at radius 1 is 1.08 bits per heavy atom. The zero-order chi connectivity index (χ0) is 18.4. The van der Waals surface area contributed by atoms with Crippen molar-refractivity contribution in [2.24, 2.45) is 5.92 Å². The van der Waals surface area contributed by atoms with Gasteiger partial charge >= 0.3 is 0 Å². The first-order valence-corrected chi connectivity index (χ1v) is 8.04. The molecule has 0 aliphatic rings. The maximum absolute atomic E-state index is 13.7. The van der Waals surface area contributed by atoms with Crippen molar-refractivity contribution in [2.75, 3.05) is 5.32 Å². The molecule has 2 aromatic carbocycles. The molecule has 25 heavy (non-hydrogen) atoms. The Hall–Kier alpha value is -2.76. The van der Waals surface area contributed by atoms with Crippen LogP contribution in [0.15, 0.2) is 48.5 Å². The monoisotopic (exact) mass is 346 g/mol.